The first-order valence-corrected chi connectivity index (χ1v) is 6.60. The van der Waals surface area contributed by atoms with Crippen LogP contribution < -0.4 is 5.32 Å². The number of carbonyl (C=O) groups excluding carboxylic acids is 1. The molecule has 1 amide bonds. The average Bonchev–Trinajstić information content (AvgIpc) is 2.97. The Kier molecular flexibility index (Phi) is 4.36. The van der Waals surface area contributed by atoms with Crippen molar-refractivity contribution in [1.82, 2.24) is 20.0 Å². The summed E-state index contributed by atoms with van der Waals surface area (Å²) in [6.45, 7) is 1.75. The molecule has 2 rings (SSSR count). The lowest BCUT2D eigenvalue weighted by Crippen LogP contribution is -2.29. The fraction of sp³-hybridized carbons (Fsp3) is 0.692. The molecule has 2 heterocycles. The Morgan fingerprint density at radius 3 is 3.11 bits per heavy atom. The Morgan fingerprint density at radius 1 is 1.67 bits per heavy atom. The second kappa shape index (κ2) is 6.00. The van der Waals surface area contributed by atoms with Crippen LogP contribution in [0.15, 0.2) is 12.4 Å². The highest BCUT2D eigenvalue weighted by atomic mass is 16.2. The first-order valence-electron chi connectivity index (χ1n) is 6.60. The van der Waals surface area contributed by atoms with Crippen LogP contribution in [0.1, 0.15) is 31.2 Å². The summed E-state index contributed by atoms with van der Waals surface area (Å²) in [5.41, 5.74) is 1.08. The number of nitrogens with one attached hydrogen (secondary N) is 1. The predicted octanol–water partition coefficient (Wildman–Crippen LogP) is 0.911. The van der Waals surface area contributed by atoms with Crippen molar-refractivity contribution >= 4 is 5.91 Å². The van der Waals surface area contributed by atoms with E-state index in [1.807, 2.05) is 26.5 Å². The Morgan fingerprint density at radius 2 is 2.50 bits per heavy atom. The lowest BCUT2D eigenvalue weighted by Gasteiger charge is -2.17. The van der Waals surface area contributed by atoms with Gasteiger partial charge in [0.05, 0.1) is 6.20 Å². The molecule has 1 saturated heterocycles. The second-order valence-electron chi connectivity index (χ2n) is 5.10. The highest BCUT2D eigenvalue weighted by Gasteiger charge is 2.17. The van der Waals surface area contributed by atoms with E-state index in [1.54, 1.807) is 9.58 Å². The Hall–Kier alpha value is -1.36. The molecule has 0 radical (unpaired) electrons. The zero-order valence-electron chi connectivity index (χ0n) is 11.2. The first kappa shape index (κ1) is 13.1. The smallest absolute Gasteiger partial charge is 0.222 e. The van der Waals surface area contributed by atoms with Gasteiger partial charge in [-0.3, -0.25) is 9.48 Å². The van der Waals surface area contributed by atoms with Gasteiger partial charge in [-0.2, -0.15) is 5.10 Å². The largest absolute Gasteiger partial charge is 0.341 e. The van der Waals surface area contributed by atoms with E-state index in [0.29, 0.717) is 19.0 Å². The summed E-state index contributed by atoms with van der Waals surface area (Å²) in [6, 6.07) is 0.542. The van der Waals surface area contributed by atoms with Gasteiger partial charge < -0.3 is 10.2 Å². The highest BCUT2D eigenvalue weighted by Crippen LogP contribution is 2.12. The van der Waals surface area contributed by atoms with E-state index >= 15 is 0 Å². The van der Waals surface area contributed by atoms with E-state index < -0.39 is 0 Å². The molecule has 0 saturated carbocycles. The maximum Gasteiger partial charge on any atom is 0.222 e. The van der Waals surface area contributed by atoms with Crippen LogP contribution in [0.2, 0.25) is 0 Å². The minimum atomic E-state index is 0.215. The van der Waals surface area contributed by atoms with Crippen LogP contribution in [-0.4, -0.2) is 40.2 Å². The summed E-state index contributed by atoms with van der Waals surface area (Å²) < 4.78 is 1.76. The zero-order chi connectivity index (χ0) is 13.0. The van der Waals surface area contributed by atoms with Gasteiger partial charge >= 0.3 is 0 Å². The van der Waals surface area contributed by atoms with E-state index in [1.165, 1.54) is 12.8 Å². The Labute approximate surface area is 108 Å². The summed E-state index contributed by atoms with van der Waals surface area (Å²) in [7, 11) is 3.74. The van der Waals surface area contributed by atoms with Crippen molar-refractivity contribution in [2.24, 2.45) is 7.05 Å². The maximum atomic E-state index is 12.0. The number of carbonyl (C=O) groups is 1. The number of rotatable bonds is 5. The molecule has 5 nitrogen and oxygen atoms in total. The number of amides is 1. The van der Waals surface area contributed by atoms with Gasteiger partial charge in [-0.25, -0.2) is 0 Å². The van der Waals surface area contributed by atoms with E-state index in [2.05, 4.69) is 10.4 Å². The maximum absolute atomic E-state index is 12.0. The molecule has 18 heavy (non-hydrogen) atoms. The monoisotopic (exact) mass is 250 g/mol. The van der Waals surface area contributed by atoms with Crippen molar-refractivity contribution in [3.8, 4) is 0 Å². The normalized spacial score (nSPS) is 19.1. The zero-order valence-corrected chi connectivity index (χ0v) is 11.2. The van der Waals surface area contributed by atoms with Crippen molar-refractivity contribution in [2.45, 2.75) is 38.3 Å². The van der Waals surface area contributed by atoms with Crippen molar-refractivity contribution in [3.63, 3.8) is 0 Å². The van der Waals surface area contributed by atoms with Crippen LogP contribution in [0.5, 0.6) is 0 Å². The summed E-state index contributed by atoms with van der Waals surface area (Å²) in [6.07, 6.45) is 7.79. The lowest BCUT2D eigenvalue weighted by molar-refractivity contribution is -0.130. The van der Waals surface area contributed by atoms with Crippen LogP contribution in [-0.2, 0) is 18.4 Å². The van der Waals surface area contributed by atoms with Gasteiger partial charge in [-0.05, 0) is 25.8 Å². The molecule has 0 spiro atoms. The highest BCUT2D eigenvalue weighted by molar-refractivity contribution is 5.75. The van der Waals surface area contributed by atoms with Crippen molar-refractivity contribution < 1.29 is 4.79 Å². The molecule has 1 aromatic heterocycles. The number of aromatic nitrogens is 2. The SMILES string of the molecule is CN(Cc1cnn(C)c1)C(=O)CCC1CCCN1. The lowest BCUT2D eigenvalue weighted by atomic mass is 10.1. The predicted molar refractivity (Wildman–Crippen MR) is 69.9 cm³/mol. The minimum absolute atomic E-state index is 0.215. The molecule has 1 aliphatic heterocycles. The summed E-state index contributed by atoms with van der Waals surface area (Å²) in [5, 5.41) is 7.53. The van der Waals surface area contributed by atoms with Gasteiger partial charge in [0.1, 0.15) is 0 Å². The Bertz CT molecular complexity index is 395. The van der Waals surface area contributed by atoms with Crippen LogP contribution in [0.3, 0.4) is 0 Å². The summed E-state index contributed by atoms with van der Waals surface area (Å²) in [5.74, 6) is 0.215. The quantitative estimate of drug-likeness (QED) is 0.845. The molecule has 1 unspecified atom stereocenters. The number of aryl methyl sites for hydroxylation is 1. The third-order valence-electron chi connectivity index (χ3n) is 3.47. The van der Waals surface area contributed by atoms with Crippen LogP contribution >= 0.6 is 0 Å². The molecule has 100 valence electrons. The van der Waals surface area contributed by atoms with Crippen LogP contribution in [0.4, 0.5) is 0 Å². The van der Waals surface area contributed by atoms with E-state index in [4.69, 9.17) is 0 Å². The average molecular weight is 250 g/mol. The number of hydrogen-bond donors (Lipinski definition) is 1. The standard InChI is InChI=1S/C13H22N4O/c1-16(9-11-8-15-17(2)10-11)13(18)6-5-12-4-3-7-14-12/h8,10,12,14H,3-7,9H2,1-2H3. The molecule has 0 aromatic carbocycles. The molecule has 1 N–H and O–H groups in total. The van der Waals surface area contributed by atoms with Gasteiger partial charge in [0.25, 0.3) is 0 Å². The molecule has 1 aliphatic rings. The molecule has 0 aliphatic carbocycles. The van der Waals surface area contributed by atoms with Crippen LogP contribution in [0.25, 0.3) is 0 Å². The first-order chi connectivity index (χ1) is 8.65. The fourth-order valence-corrected chi connectivity index (χ4v) is 2.41. The van der Waals surface area contributed by atoms with Crippen molar-refractivity contribution in [3.05, 3.63) is 18.0 Å². The number of hydrogen-bond acceptors (Lipinski definition) is 3. The molecule has 0 bridgehead atoms. The summed E-state index contributed by atoms with van der Waals surface area (Å²) in [4.78, 5) is 13.8. The molecule has 1 atom stereocenters. The van der Waals surface area contributed by atoms with E-state index in [-0.39, 0.29) is 5.91 Å². The van der Waals surface area contributed by atoms with Gasteiger partial charge in [0.15, 0.2) is 0 Å². The third-order valence-corrected chi connectivity index (χ3v) is 3.47. The van der Waals surface area contributed by atoms with Gasteiger partial charge in [-0.1, -0.05) is 0 Å². The topological polar surface area (TPSA) is 50.2 Å². The second-order valence-corrected chi connectivity index (χ2v) is 5.10. The Balaban J connectivity index is 1.74. The minimum Gasteiger partial charge on any atom is -0.341 e. The summed E-state index contributed by atoms with van der Waals surface area (Å²) >= 11 is 0. The fourth-order valence-electron chi connectivity index (χ4n) is 2.41. The third kappa shape index (κ3) is 3.57. The van der Waals surface area contributed by atoms with E-state index in [0.717, 1.165) is 18.5 Å². The number of nitrogens with zero attached hydrogens (tertiary/aromatic N) is 3. The van der Waals surface area contributed by atoms with Crippen molar-refractivity contribution in [1.29, 1.82) is 0 Å². The van der Waals surface area contributed by atoms with Crippen molar-refractivity contribution in [2.75, 3.05) is 13.6 Å². The van der Waals surface area contributed by atoms with Crippen LogP contribution in [0, 0.1) is 0 Å². The molecule has 1 fully saturated rings. The van der Waals surface area contributed by atoms with Gasteiger partial charge in [-0.15, -0.1) is 0 Å². The molecular weight excluding hydrogens is 228 g/mol. The molecular formula is C13H22N4O. The molecule has 1 aromatic rings. The molecule has 5 heteroatoms. The van der Waals surface area contributed by atoms with E-state index in [9.17, 15) is 4.79 Å². The van der Waals surface area contributed by atoms with Gasteiger partial charge in [0, 0.05) is 44.9 Å². The van der Waals surface area contributed by atoms with Gasteiger partial charge in [0.2, 0.25) is 5.91 Å².